The van der Waals surface area contributed by atoms with Crippen molar-refractivity contribution in [1.82, 2.24) is 15.0 Å². The molecule has 1 aliphatic rings. The molecular formula is C14H17N3O3S. The monoisotopic (exact) mass is 307 g/mol. The number of hydrogen-bond donors (Lipinski definition) is 1. The van der Waals surface area contributed by atoms with Crippen LogP contribution in [0.25, 0.3) is 11.5 Å². The van der Waals surface area contributed by atoms with Gasteiger partial charge in [-0.1, -0.05) is 5.16 Å². The number of thiophene rings is 1. The van der Waals surface area contributed by atoms with Crippen molar-refractivity contribution in [3.63, 3.8) is 0 Å². The zero-order chi connectivity index (χ0) is 14.9. The highest BCUT2D eigenvalue weighted by Crippen LogP contribution is 2.29. The zero-order valence-corrected chi connectivity index (χ0v) is 12.6. The molecule has 1 N–H and O–H groups in total. The van der Waals surface area contributed by atoms with Gasteiger partial charge in [0.25, 0.3) is 5.89 Å². The summed E-state index contributed by atoms with van der Waals surface area (Å²) >= 11 is 1.57. The van der Waals surface area contributed by atoms with Crippen LogP contribution < -0.4 is 0 Å². The number of carbonyl (C=O) groups is 1. The first-order valence-electron chi connectivity index (χ1n) is 6.93. The lowest BCUT2D eigenvalue weighted by Crippen LogP contribution is -2.54. The summed E-state index contributed by atoms with van der Waals surface area (Å²) in [5.41, 5.74) is 0.0555. The highest BCUT2D eigenvalue weighted by molar-refractivity contribution is 7.08. The molecule has 0 saturated carbocycles. The number of aliphatic carboxylic acids is 1. The topological polar surface area (TPSA) is 79.5 Å². The third-order valence-electron chi connectivity index (χ3n) is 4.07. The minimum Gasteiger partial charge on any atom is -0.480 e. The molecule has 0 aliphatic carbocycles. The van der Waals surface area contributed by atoms with Crippen molar-refractivity contribution in [1.29, 1.82) is 0 Å². The van der Waals surface area contributed by atoms with E-state index in [1.54, 1.807) is 18.3 Å². The SMILES string of the molecule is CC1(C(=O)O)CCCCN1Cc1noc(-c2ccsc2)n1. The van der Waals surface area contributed by atoms with Crippen LogP contribution in [0, 0.1) is 0 Å². The van der Waals surface area contributed by atoms with E-state index in [4.69, 9.17) is 4.52 Å². The predicted octanol–water partition coefficient (Wildman–Crippen LogP) is 2.63. The van der Waals surface area contributed by atoms with Gasteiger partial charge in [-0.15, -0.1) is 0 Å². The molecule has 2 aromatic heterocycles. The van der Waals surface area contributed by atoms with E-state index in [9.17, 15) is 9.90 Å². The minimum absolute atomic E-state index is 0.399. The van der Waals surface area contributed by atoms with E-state index in [-0.39, 0.29) is 0 Å². The molecule has 7 heteroatoms. The molecule has 6 nitrogen and oxygen atoms in total. The van der Waals surface area contributed by atoms with Crippen molar-refractivity contribution in [2.75, 3.05) is 6.54 Å². The van der Waals surface area contributed by atoms with E-state index in [1.807, 2.05) is 21.7 Å². The van der Waals surface area contributed by atoms with Crippen LogP contribution in [-0.4, -0.2) is 38.2 Å². The number of aromatic nitrogens is 2. The molecule has 3 heterocycles. The van der Waals surface area contributed by atoms with Crippen LogP contribution in [0.2, 0.25) is 0 Å². The molecule has 0 spiro atoms. The van der Waals surface area contributed by atoms with Gasteiger partial charge in [-0.05, 0) is 44.2 Å². The van der Waals surface area contributed by atoms with Crippen molar-refractivity contribution in [2.24, 2.45) is 0 Å². The van der Waals surface area contributed by atoms with Gasteiger partial charge < -0.3 is 9.63 Å². The molecule has 0 bridgehead atoms. The Labute approximate surface area is 126 Å². The van der Waals surface area contributed by atoms with Gasteiger partial charge in [0.1, 0.15) is 5.54 Å². The van der Waals surface area contributed by atoms with Crippen LogP contribution in [0.15, 0.2) is 21.3 Å². The van der Waals surface area contributed by atoms with Gasteiger partial charge in [0.2, 0.25) is 0 Å². The Hall–Kier alpha value is -1.73. The third kappa shape index (κ3) is 2.71. The molecular weight excluding hydrogens is 290 g/mol. The molecule has 1 unspecified atom stereocenters. The second-order valence-electron chi connectivity index (χ2n) is 5.49. The summed E-state index contributed by atoms with van der Waals surface area (Å²) < 4.78 is 5.25. The normalized spacial score (nSPS) is 23.3. The number of nitrogens with zero attached hydrogens (tertiary/aromatic N) is 3. The Morgan fingerprint density at radius 3 is 3.14 bits per heavy atom. The quantitative estimate of drug-likeness (QED) is 0.935. The second kappa shape index (κ2) is 5.57. The van der Waals surface area contributed by atoms with E-state index in [1.165, 1.54) is 0 Å². The maximum absolute atomic E-state index is 11.6. The number of hydrogen-bond acceptors (Lipinski definition) is 6. The van der Waals surface area contributed by atoms with Gasteiger partial charge in [-0.2, -0.15) is 16.3 Å². The van der Waals surface area contributed by atoms with Crippen LogP contribution in [0.4, 0.5) is 0 Å². The molecule has 1 saturated heterocycles. The average molecular weight is 307 g/mol. The predicted molar refractivity (Wildman–Crippen MR) is 77.9 cm³/mol. The van der Waals surface area contributed by atoms with Crippen LogP contribution in [-0.2, 0) is 11.3 Å². The van der Waals surface area contributed by atoms with Crippen LogP contribution in [0.1, 0.15) is 32.0 Å². The largest absolute Gasteiger partial charge is 0.480 e. The van der Waals surface area contributed by atoms with Crippen molar-refractivity contribution in [3.8, 4) is 11.5 Å². The van der Waals surface area contributed by atoms with Crippen LogP contribution >= 0.6 is 11.3 Å². The van der Waals surface area contributed by atoms with Gasteiger partial charge in [0, 0.05) is 5.38 Å². The number of carboxylic acids is 1. The Bertz CT molecular complexity index is 625. The number of piperidine rings is 1. The molecule has 112 valence electrons. The maximum Gasteiger partial charge on any atom is 0.323 e. The van der Waals surface area contributed by atoms with E-state index < -0.39 is 11.5 Å². The average Bonchev–Trinajstić information content (AvgIpc) is 3.12. The number of rotatable bonds is 4. The Kier molecular flexibility index (Phi) is 3.77. The van der Waals surface area contributed by atoms with Crippen molar-refractivity contribution >= 4 is 17.3 Å². The van der Waals surface area contributed by atoms with E-state index in [0.717, 1.165) is 24.9 Å². The second-order valence-corrected chi connectivity index (χ2v) is 6.27. The maximum atomic E-state index is 11.6. The molecule has 21 heavy (non-hydrogen) atoms. The van der Waals surface area contributed by atoms with E-state index in [2.05, 4.69) is 10.1 Å². The molecule has 2 aromatic rings. The molecule has 3 rings (SSSR count). The lowest BCUT2D eigenvalue weighted by molar-refractivity contribution is -0.153. The van der Waals surface area contributed by atoms with Crippen LogP contribution in [0.5, 0.6) is 0 Å². The highest BCUT2D eigenvalue weighted by Gasteiger charge is 2.41. The Balaban J connectivity index is 1.78. The smallest absolute Gasteiger partial charge is 0.323 e. The summed E-state index contributed by atoms with van der Waals surface area (Å²) in [7, 11) is 0. The number of carboxylic acid groups (broad SMARTS) is 1. The minimum atomic E-state index is -0.846. The summed E-state index contributed by atoms with van der Waals surface area (Å²) in [5.74, 6) is 0.231. The van der Waals surface area contributed by atoms with Gasteiger partial charge in [-0.25, -0.2) is 0 Å². The van der Waals surface area contributed by atoms with E-state index >= 15 is 0 Å². The first-order valence-corrected chi connectivity index (χ1v) is 7.87. The molecule has 0 aromatic carbocycles. The summed E-state index contributed by atoms with van der Waals surface area (Å²) in [6, 6.07) is 1.92. The summed E-state index contributed by atoms with van der Waals surface area (Å²) in [5, 5.41) is 17.4. The summed E-state index contributed by atoms with van der Waals surface area (Å²) in [6.07, 6.45) is 2.58. The van der Waals surface area contributed by atoms with Gasteiger partial charge >= 0.3 is 5.97 Å². The highest BCUT2D eigenvalue weighted by atomic mass is 32.1. The van der Waals surface area contributed by atoms with Gasteiger partial charge in [-0.3, -0.25) is 9.69 Å². The molecule has 0 radical (unpaired) electrons. The van der Waals surface area contributed by atoms with E-state index in [0.29, 0.717) is 24.7 Å². The molecule has 1 aliphatic heterocycles. The molecule has 1 atom stereocenters. The van der Waals surface area contributed by atoms with Crippen molar-refractivity contribution in [2.45, 2.75) is 38.3 Å². The summed E-state index contributed by atoms with van der Waals surface area (Å²) in [4.78, 5) is 17.9. The molecule has 1 fully saturated rings. The first kappa shape index (κ1) is 14.2. The first-order chi connectivity index (χ1) is 10.1. The fourth-order valence-electron chi connectivity index (χ4n) is 2.66. The van der Waals surface area contributed by atoms with Gasteiger partial charge in [0.15, 0.2) is 5.82 Å². The fourth-order valence-corrected chi connectivity index (χ4v) is 3.29. The zero-order valence-electron chi connectivity index (χ0n) is 11.8. The van der Waals surface area contributed by atoms with Crippen LogP contribution in [0.3, 0.4) is 0 Å². The Morgan fingerprint density at radius 1 is 1.57 bits per heavy atom. The fraction of sp³-hybridized carbons (Fsp3) is 0.500. The standard InChI is InChI=1S/C14H17N3O3S/c1-14(13(18)19)5-2-3-6-17(14)8-11-15-12(20-16-11)10-4-7-21-9-10/h4,7,9H,2-3,5-6,8H2,1H3,(H,18,19). The Morgan fingerprint density at radius 2 is 2.43 bits per heavy atom. The number of likely N-dealkylation sites (tertiary alicyclic amines) is 1. The lowest BCUT2D eigenvalue weighted by atomic mass is 9.88. The third-order valence-corrected chi connectivity index (χ3v) is 4.75. The molecule has 0 amide bonds. The van der Waals surface area contributed by atoms with Gasteiger partial charge in [0.05, 0.1) is 12.1 Å². The summed E-state index contributed by atoms with van der Waals surface area (Å²) in [6.45, 7) is 2.91. The van der Waals surface area contributed by atoms with Crippen molar-refractivity contribution < 1.29 is 14.4 Å². The lowest BCUT2D eigenvalue weighted by Gasteiger charge is -2.40. The van der Waals surface area contributed by atoms with Crippen molar-refractivity contribution in [3.05, 3.63) is 22.7 Å².